The Kier molecular flexibility index (Phi) is 9.44. The molecule has 0 radical (unpaired) electrons. The highest BCUT2D eigenvalue weighted by atomic mass is 16.4. The Morgan fingerprint density at radius 1 is 1.12 bits per heavy atom. The largest absolute Gasteiger partial charge is 0.508 e. The van der Waals surface area contributed by atoms with Gasteiger partial charge in [-0.3, -0.25) is 9.59 Å². The lowest BCUT2D eigenvalue weighted by atomic mass is 9.68. The van der Waals surface area contributed by atoms with Crippen molar-refractivity contribution in [2.45, 2.75) is 44.9 Å². The van der Waals surface area contributed by atoms with Crippen LogP contribution in [0.25, 0.3) is 0 Å². The molecule has 0 aliphatic carbocycles. The van der Waals surface area contributed by atoms with E-state index in [1.165, 1.54) is 5.56 Å². The molecule has 0 unspecified atom stereocenters. The van der Waals surface area contributed by atoms with Crippen molar-refractivity contribution < 1.29 is 25.3 Å². The number of carboxylic acids is 1. The Hall–Kier alpha value is -2.90. The summed E-state index contributed by atoms with van der Waals surface area (Å²) in [5, 5.41) is 18.8. The van der Waals surface area contributed by atoms with Gasteiger partial charge in [0.25, 0.3) is 0 Å². The molecule has 4 N–H and O–H groups in total. The van der Waals surface area contributed by atoms with Crippen LogP contribution in [0.4, 0.5) is 5.69 Å². The first-order valence-electron chi connectivity index (χ1n) is 11.4. The second-order valence-electron chi connectivity index (χ2n) is 9.05. The molecule has 0 spiro atoms. The first-order valence-corrected chi connectivity index (χ1v) is 11.4. The molecule has 2 aromatic rings. The van der Waals surface area contributed by atoms with Gasteiger partial charge in [-0.1, -0.05) is 44.2 Å². The van der Waals surface area contributed by atoms with Crippen molar-refractivity contribution in [2.75, 3.05) is 31.1 Å². The van der Waals surface area contributed by atoms with E-state index in [0.29, 0.717) is 24.6 Å². The Morgan fingerprint density at radius 2 is 1.85 bits per heavy atom. The average Bonchev–Trinajstić information content (AvgIpc) is 2.77. The minimum atomic E-state index is -0.874. The van der Waals surface area contributed by atoms with E-state index in [1.807, 2.05) is 42.5 Å². The Bertz CT molecular complexity index is 920. The number of anilines is 1. The number of nitrogens with zero attached hydrogens (tertiary/aromatic N) is 2. The summed E-state index contributed by atoms with van der Waals surface area (Å²) in [6, 6.07) is 17.2. The number of carboxylic acid groups (broad SMARTS) is 1. The molecule has 2 atom stereocenters. The summed E-state index contributed by atoms with van der Waals surface area (Å²) in [7, 11) is 0. The third kappa shape index (κ3) is 6.79. The Balaban J connectivity index is 0.00000385. The van der Waals surface area contributed by atoms with Gasteiger partial charge in [0, 0.05) is 38.2 Å². The second-order valence-corrected chi connectivity index (χ2v) is 9.05. The number of aliphatic carboxylic acids is 1. The fourth-order valence-electron chi connectivity index (χ4n) is 4.58. The van der Waals surface area contributed by atoms with E-state index >= 15 is 0 Å². The van der Waals surface area contributed by atoms with E-state index in [2.05, 4.69) is 24.8 Å². The van der Waals surface area contributed by atoms with Gasteiger partial charge in [-0.25, -0.2) is 0 Å². The van der Waals surface area contributed by atoms with Crippen LogP contribution < -0.4 is 4.90 Å². The van der Waals surface area contributed by atoms with Crippen LogP contribution in [0.5, 0.6) is 5.75 Å². The first kappa shape index (κ1) is 26.4. The van der Waals surface area contributed by atoms with Crippen molar-refractivity contribution in [1.29, 1.82) is 0 Å². The molecule has 1 aliphatic heterocycles. The number of rotatable bonds is 9. The number of phenols is 1. The van der Waals surface area contributed by atoms with Crippen molar-refractivity contribution in [3.8, 4) is 5.75 Å². The van der Waals surface area contributed by atoms with Crippen LogP contribution in [0.2, 0.25) is 0 Å². The molecular weight excluding hydrogens is 420 g/mol. The van der Waals surface area contributed by atoms with Crippen LogP contribution in [0, 0.1) is 5.92 Å². The number of hydrogen-bond donors (Lipinski definition) is 2. The number of piperidine rings is 1. The number of benzene rings is 2. The van der Waals surface area contributed by atoms with Gasteiger partial charge in [0.1, 0.15) is 5.75 Å². The zero-order valence-corrected chi connectivity index (χ0v) is 19.5. The number of likely N-dealkylation sites (tertiary alicyclic amines) is 1. The maximum Gasteiger partial charge on any atom is 0.303 e. The fourth-order valence-corrected chi connectivity index (χ4v) is 4.58. The first-order chi connectivity index (χ1) is 15.3. The van der Waals surface area contributed by atoms with Gasteiger partial charge in [0.15, 0.2) is 0 Å². The third-order valence-corrected chi connectivity index (χ3v) is 6.86. The summed E-state index contributed by atoms with van der Waals surface area (Å²) in [4.78, 5) is 27.9. The normalized spacial score (nSPS) is 20.6. The van der Waals surface area contributed by atoms with Crippen LogP contribution in [-0.2, 0) is 15.0 Å². The molecule has 1 saturated heterocycles. The van der Waals surface area contributed by atoms with Gasteiger partial charge in [0.05, 0.1) is 0 Å². The van der Waals surface area contributed by atoms with Crippen molar-refractivity contribution >= 4 is 17.6 Å². The Labute approximate surface area is 196 Å². The smallest absolute Gasteiger partial charge is 0.303 e. The van der Waals surface area contributed by atoms with E-state index in [1.54, 1.807) is 11.0 Å². The van der Waals surface area contributed by atoms with Crippen molar-refractivity contribution in [3.05, 3.63) is 60.2 Å². The summed E-state index contributed by atoms with van der Waals surface area (Å²) in [5.74, 6) is -0.207. The highest BCUT2D eigenvalue weighted by Gasteiger charge is 2.38. The maximum absolute atomic E-state index is 12.9. The molecule has 7 nitrogen and oxygen atoms in total. The summed E-state index contributed by atoms with van der Waals surface area (Å²) >= 11 is 0. The molecule has 7 heteroatoms. The van der Waals surface area contributed by atoms with Crippen LogP contribution in [0.3, 0.4) is 0 Å². The van der Waals surface area contributed by atoms with E-state index in [9.17, 15) is 14.7 Å². The molecule has 1 fully saturated rings. The highest BCUT2D eigenvalue weighted by molar-refractivity contribution is 5.93. The maximum atomic E-state index is 12.9. The molecule has 1 heterocycles. The van der Waals surface area contributed by atoms with Crippen molar-refractivity contribution in [1.82, 2.24) is 4.90 Å². The average molecular weight is 457 g/mol. The quantitative estimate of drug-likeness (QED) is 0.600. The zero-order valence-electron chi connectivity index (χ0n) is 19.5. The van der Waals surface area contributed by atoms with E-state index in [-0.39, 0.29) is 29.6 Å². The lowest BCUT2D eigenvalue weighted by Gasteiger charge is -2.45. The molecule has 0 saturated carbocycles. The predicted octanol–water partition coefficient (Wildman–Crippen LogP) is 3.46. The van der Waals surface area contributed by atoms with Crippen molar-refractivity contribution in [2.24, 2.45) is 5.92 Å². The lowest BCUT2D eigenvalue weighted by Crippen LogP contribution is -2.49. The summed E-state index contributed by atoms with van der Waals surface area (Å²) < 4.78 is 0. The van der Waals surface area contributed by atoms with Gasteiger partial charge in [-0.05, 0) is 60.5 Å². The van der Waals surface area contributed by atoms with Crippen LogP contribution >= 0.6 is 0 Å². The highest BCUT2D eigenvalue weighted by Crippen LogP contribution is 2.40. The third-order valence-electron chi connectivity index (χ3n) is 6.86. The fraction of sp³-hybridized carbons (Fsp3) is 0.462. The van der Waals surface area contributed by atoms with E-state index in [0.717, 1.165) is 31.7 Å². The van der Waals surface area contributed by atoms with Crippen LogP contribution in [0.1, 0.15) is 45.1 Å². The van der Waals surface area contributed by atoms with Gasteiger partial charge in [0.2, 0.25) is 5.91 Å². The minimum Gasteiger partial charge on any atom is -0.508 e. The topological polar surface area (TPSA) is 113 Å². The summed E-state index contributed by atoms with van der Waals surface area (Å²) in [5.41, 5.74) is 2.02. The van der Waals surface area contributed by atoms with Crippen molar-refractivity contribution in [3.63, 3.8) is 0 Å². The molecule has 0 aromatic heterocycles. The molecule has 1 amide bonds. The standard InChI is InChI=1S/C26H34N2O4.H2O/c1-20-19-27(15-14-26(20,2)21-8-6-11-23(29)18-21)16-17-28(22-9-4-3-5-10-22)24(30)12-7-13-25(31)32;/h3-6,8-11,18,20,29H,7,12-17,19H2,1-2H3,(H,31,32);1H2/t20-,26-;/m0./s1. The van der Waals surface area contributed by atoms with Crippen LogP contribution in [0.15, 0.2) is 54.6 Å². The van der Waals surface area contributed by atoms with E-state index in [4.69, 9.17) is 5.11 Å². The number of hydrogen-bond acceptors (Lipinski definition) is 4. The summed E-state index contributed by atoms with van der Waals surface area (Å²) in [6.07, 6.45) is 1.56. The van der Waals surface area contributed by atoms with E-state index < -0.39 is 5.97 Å². The van der Waals surface area contributed by atoms with Crippen LogP contribution in [-0.4, -0.2) is 58.6 Å². The molecule has 33 heavy (non-hydrogen) atoms. The van der Waals surface area contributed by atoms with Gasteiger partial charge in [-0.2, -0.15) is 0 Å². The number of amides is 1. The second kappa shape index (κ2) is 11.8. The summed E-state index contributed by atoms with van der Waals surface area (Å²) in [6.45, 7) is 7.70. The van der Waals surface area contributed by atoms with Gasteiger partial charge in [-0.15, -0.1) is 0 Å². The number of carbonyl (C=O) groups is 2. The SMILES string of the molecule is C[C@H]1CN(CCN(C(=O)CCCC(=O)O)c2ccccc2)CC[C@]1(C)c1cccc(O)c1.O. The van der Waals surface area contributed by atoms with Gasteiger partial charge < -0.3 is 25.5 Å². The molecule has 180 valence electrons. The zero-order chi connectivity index (χ0) is 23.1. The molecule has 1 aliphatic rings. The lowest BCUT2D eigenvalue weighted by molar-refractivity contribution is -0.137. The number of para-hydroxylation sites is 1. The van der Waals surface area contributed by atoms with Gasteiger partial charge >= 0.3 is 5.97 Å². The molecule has 3 rings (SSSR count). The minimum absolute atomic E-state index is 0. The number of aromatic hydroxyl groups is 1. The molecular formula is C26H36N2O5. The Morgan fingerprint density at radius 3 is 2.48 bits per heavy atom. The predicted molar refractivity (Wildman–Crippen MR) is 130 cm³/mol. The number of phenolic OH excluding ortho intramolecular Hbond substituents is 1. The monoisotopic (exact) mass is 456 g/mol. The molecule has 0 bridgehead atoms. The molecule has 2 aromatic carbocycles. The number of carbonyl (C=O) groups excluding carboxylic acids is 1.